The quantitative estimate of drug-likeness (QED) is 0.632. The van der Waals surface area contributed by atoms with Gasteiger partial charge in [-0.15, -0.1) is 0 Å². The van der Waals surface area contributed by atoms with Crippen LogP contribution in [0.2, 0.25) is 0 Å². The van der Waals surface area contributed by atoms with Crippen molar-refractivity contribution in [3.8, 4) is 11.5 Å². The lowest BCUT2D eigenvalue weighted by atomic mass is 9.92. The first-order valence-electron chi connectivity index (χ1n) is 8.92. The third kappa shape index (κ3) is 2.74. The van der Waals surface area contributed by atoms with Crippen molar-refractivity contribution in [1.82, 2.24) is 4.98 Å². The number of para-hydroxylation sites is 1. The second-order valence-electron chi connectivity index (χ2n) is 6.95. The lowest BCUT2D eigenvalue weighted by molar-refractivity contribution is -0.923. The number of nitrogens with one attached hydrogen (secondary N) is 2. The molecule has 2 aromatic carbocycles. The molecule has 2 atom stereocenters. The van der Waals surface area contributed by atoms with E-state index in [1.807, 2.05) is 36.5 Å². The van der Waals surface area contributed by atoms with Crippen LogP contribution in [0.5, 0.6) is 11.5 Å². The minimum Gasteiger partial charge on any atom is -0.504 e. The van der Waals surface area contributed by atoms with E-state index in [-0.39, 0.29) is 17.6 Å². The van der Waals surface area contributed by atoms with E-state index in [1.165, 1.54) is 4.90 Å². The van der Waals surface area contributed by atoms with Gasteiger partial charge in [-0.2, -0.15) is 0 Å². The van der Waals surface area contributed by atoms with Crippen molar-refractivity contribution in [2.45, 2.75) is 19.4 Å². The number of quaternary nitrogens is 1. The molecule has 0 saturated heterocycles. The third-order valence-corrected chi connectivity index (χ3v) is 5.51. The molecular weight excluding hydrogens is 328 g/mol. The number of aromatic nitrogens is 1. The smallest absolute Gasteiger partial charge is 0.219 e. The molecule has 3 N–H and O–H groups in total. The fraction of sp³-hybridized carbons (Fsp3) is 0.286. The van der Waals surface area contributed by atoms with E-state index >= 15 is 0 Å². The molecule has 0 amide bonds. The number of carbonyl (C=O) groups is 1. The predicted octanol–water partition coefficient (Wildman–Crippen LogP) is 2.27. The summed E-state index contributed by atoms with van der Waals surface area (Å²) in [5.74, 6) is 0.815. The number of Topliss-reactive ketones (excluding diaryl/α,β-unsaturated/α-hetero) is 1. The number of hydrogen-bond donors (Lipinski definition) is 3. The van der Waals surface area contributed by atoms with Crippen LogP contribution < -0.4 is 9.64 Å². The van der Waals surface area contributed by atoms with Crippen LogP contribution in [0.4, 0.5) is 0 Å². The van der Waals surface area contributed by atoms with Crippen molar-refractivity contribution in [3.05, 3.63) is 59.3 Å². The van der Waals surface area contributed by atoms with Crippen molar-refractivity contribution in [2.75, 3.05) is 20.2 Å². The van der Waals surface area contributed by atoms with Gasteiger partial charge < -0.3 is 19.7 Å². The van der Waals surface area contributed by atoms with Crippen molar-refractivity contribution < 1.29 is 19.5 Å². The Labute approximate surface area is 152 Å². The highest BCUT2D eigenvalue weighted by atomic mass is 16.5. The summed E-state index contributed by atoms with van der Waals surface area (Å²) in [7, 11) is 1.56. The molecule has 0 saturated carbocycles. The van der Waals surface area contributed by atoms with Crippen molar-refractivity contribution in [2.24, 2.45) is 0 Å². The van der Waals surface area contributed by atoms with E-state index in [1.54, 1.807) is 13.2 Å². The van der Waals surface area contributed by atoms with Crippen LogP contribution in [0.15, 0.2) is 42.6 Å². The first-order valence-corrected chi connectivity index (χ1v) is 8.92. The van der Waals surface area contributed by atoms with E-state index in [9.17, 15) is 9.90 Å². The molecule has 0 spiro atoms. The molecule has 0 radical (unpaired) electrons. The zero-order chi connectivity index (χ0) is 18.3. The molecule has 1 aromatic heterocycles. The van der Waals surface area contributed by atoms with Gasteiger partial charge in [0.25, 0.3) is 0 Å². The zero-order valence-corrected chi connectivity index (χ0v) is 15.0. The van der Waals surface area contributed by atoms with Crippen molar-refractivity contribution >= 4 is 16.7 Å². The summed E-state index contributed by atoms with van der Waals surface area (Å²) in [5.41, 5.74) is 4.03. The molecule has 26 heavy (non-hydrogen) atoms. The Morgan fingerprint density at radius 1 is 1.35 bits per heavy atom. The van der Waals surface area contributed by atoms with Crippen LogP contribution in [0.3, 0.4) is 0 Å². The average molecular weight is 351 g/mol. The molecule has 0 aliphatic carbocycles. The van der Waals surface area contributed by atoms with E-state index in [4.69, 9.17) is 4.74 Å². The summed E-state index contributed by atoms with van der Waals surface area (Å²) in [4.78, 5) is 17.3. The molecule has 4 rings (SSSR count). The Balaban J connectivity index is 1.59. The van der Waals surface area contributed by atoms with Gasteiger partial charge >= 0.3 is 0 Å². The molecule has 1 unspecified atom stereocenters. The van der Waals surface area contributed by atoms with Gasteiger partial charge in [-0.1, -0.05) is 18.2 Å². The van der Waals surface area contributed by atoms with Gasteiger partial charge in [0.15, 0.2) is 11.5 Å². The highest BCUT2D eigenvalue weighted by Gasteiger charge is 2.31. The minimum atomic E-state index is 0.151. The summed E-state index contributed by atoms with van der Waals surface area (Å²) in [6.07, 6.45) is 2.66. The number of rotatable bonds is 4. The molecule has 5 nitrogen and oxygen atoms in total. The number of fused-ring (bicyclic) bond motifs is 2. The maximum absolute atomic E-state index is 12.9. The molecular formula is C21H23N2O3+. The molecule has 0 fully saturated rings. The van der Waals surface area contributed by atoms with E-state index in [0.717, 1.165) is 40.6 Å². The first kappa shape index (κ1) is 16.7. The first-order chi connectivity index (χ1) is 12.6. The molecule has 2 heterocycles. The van der Waals surface area contributed by atoms with Gasteiger partial charge in [0.05, 0.1) is 13.7 Å². The van der Waals surface area contributed by atoms with Crippen LogP contribution in [0.1, 0.15) is 34.5 Å². The number of H-pyrrole nitrogens is 1. The Hall–Kier alpha value is -2.79. The Bertz CT molecular complexity index is 977. The lowest BCUT2D eigenvalue weighted by Gasteiger charge is -2.32. The number of hydrogen-bond acceptors (Lipinski definition) is 3. The number of benzene rings is 2. The van der Waals surface area contributed by atoms with Gasteiger partial charge in [-0.25, -0.2) is 0 Å². The van der Waals surface area contributed by atoms with E-state index in [0.29, 0.717) is 12.3 Å². The Morgan fingerprint density at radius 2 is 2.15 bits per heavy atom. The van der Waals surface area contributed by atoms with Crippen LogP contribution >= 0.6 is 0 Å². The largest absolute Gasteiger partial charge is 0.504 e. The summed E-state index contributed by atoms with van der Waals surface area (Å²) >= 11 is 0. The molecule has 1 aliphatic heterocycles. The average Bonchev–Trinajstić information content (AvgIpc) is 3.08. The van der Waals surface area contributed by atoms with E-state index in [2.05, 4.69) is 11.9 Å². The second kappa shape index (κ2) is 6.50. The molecule has 0 bridgehead atoms. The van der Waals surface area contributed by atoms with Gasteiger partial charge in [0.2, 0.25) is 5.78 Å². The van der Waals surface area contributed by atoms with E-state index < -0.39 is 0 Å². The molecule has 3 aromatic rings. The molecule has 5 heteroatoms. The number of methoxy groups -OCH3 is 1. The highest BCUT2D eigenvalue weighted by molar-refractivity contribution is 6.08. The molecule has 1 aliphatic rings. The van der Waals surface area contributed by atoms with Crippen molar-refractivity contribution in [1.29, 1.82) is 0 Å². The summed E-state index contributed by atoms with van der Waals surface area (Å²) in [6.45, 7) is 3.45. The summed E-state index contributed by atoms with van der Waals surface area (Å²) < 4.78 is 5.25. The maximum atomic E-state index is 12.9. The Kier molecular flexibility index (Phi) is 4.17. The number of ketones is 1. The normalized spacial score (nSPS) is 19.3. The topological polar surface area (TPSA) is 66.8 Å². The van der Waals surface area contributed by atoms with Gasteiger partial charge in [-0.3, -0.25) is 4.79 Å². The second-order valence-corrected chi connectivity index (χ2v) is 6.95. The maximum Gasteiger partial charge on any atom is 0.219 e. The van der Waals surface area contributed by atoms with Gasteiger partial charge in [0, 0.05) is 34.6 Å². The van der Waals surface area contributed by atoms with Gasteiger partial charge in [0.1, 0.15) is 12.6 Å². The SMILES string of the molecule is COc1cc2c(cc1O)CC[NH+](CC(=O)c1c[nH]c3ccccc13)[C@H]2C. The fourth-order valence-corrected chi connectivity index (χ4v) is 3.99. The number of aromatic amines is 1. The number of carbonyl (C=O) groups excluding carboxylic acids is 1. The standard InChI is InChI=1S/C21H22N2O3/c1-13-16-10-21(26-2)19(24)9-14(16)7-8-23(13)12-20(25)17-11-22-18-6-4-3-5-15(17)18/h3-6,9-11,13,22,24H,7-8,12H2,1-2H3/p+1/t13-/m0/s1. The summed E-state index contributed by atoms with van der Waals surface area (Å²) in [5, 5.41) is 11.0. The predicted molar refractivity (Wildman–Crippen MR) is 100 cm³/mol. The third-order valence-electron chi connectivity index (χ3n) is 5.51. The number of phenols is 1. The van der Waals surface area contributed by atoms with Crippen LogP contribution in [0.25, 0.3) is 10.9 Å². The lowest BCUT2D eigenvalue weighted by Crippen LogP contribution is -3.13. The monoisotopic (exact) mass is 351 g/mol. The number of ether oxygens (including phenoxy) is 1. The van der Waals surface area contributed by atoms with Gasteiger partial charge in [-0.05, 0) is 30.7 Å². The van der Waals surface area contributed by atoms with Crippen LogP contribution in [-0.2, 0) is 6.42 Å². The number of aromatic hydroxyl groups is 1. The Morgan fingerprint density at radius 3 is 2.96 bits per heavy atom. The zero-order valence-electron chi connectivity index (χ0n) is 15.0. The summed E-state index contributed by atoms with van der Waals surface area (Å²) in [6, 6.07) is 11.8. The van der Waals surface area contributed by atoms with Crippen molar-refractivity contribution in [3.63, 3.8) is 0 Å². The minimum absolute atomic E-state index is 0.151. The van der Waals surface area contributed by atoms with Crippen LogP contribution in [-0.4, -0.2) is 36.1 Å². The highest BCUT2D eigenvalue weighted by Crippen LogP contribution is 2.33. The molecule has 134 valence electrons. The fourth-order valence-electron chi connectivity index (χ4n) is 3.99. The van der Waals surface area contributed by atoms with Crippen LogP contribution in [0, 0.1) is 0 Å². The number of phenolic OH excluding ortho intramolecular Hbond substituents is 1.